The monoisotopic (exact) mass is 259 g/mol. The Kier molecular flexibility index (Phi) is 4.25. The van der Waals surface area contributed by atoms with Gasteiger partial charge in [-0.2, -0.15) is 0 Å². The fraction of sp³-hybridized carbons (Fsp3) is 0.562. The van der Waals surface area contributed by atoms with E-state index in [0.717, 1.165) is 18.5 Å². The number of imidazole rings is 1. The van der Waals surface area contributed by atoms with E-state index in [0.29, 0.717) is 0 Å². The molecular formula is C16H25N3. The maximum Gasteiger partial charge on any atom is 0.109 e. The number of rotatable bonds is 5. The molecule has 1 heterocycles. The lowest BCUT2D eigenvalue weighted by Gasteiger charge is -2.20. The number of fused-ring (bicyclic) bond motifs is 1. The summed E-state index contributed by atoms with van der Waals surface area (Å²) in [5.41, 5.74) is 2.55. The second kappa shape index (κ2) is 5.74. The number of aromatic nitrogens is 2. The van der Waals surface area contributed by atoms with Crippen LogP contribution in [0.15, 0.2) is 24.3 Å². The normalized spacial score (nSPS) is 12.2. The Hall–Kier alpha value is -1.35. The molecule has 104 valence electrons. The molecule has 0 aliphatic carbocycles. The minimum atomic E-state index is 0.220. The van der Waals surface area contributed by atoms with Gasteiger partial charge in [-0.25, -0.2) is 4.98 Å². The Morgan fingerprint density at radius 2 is 1.89 bits per heavy atom. The fourth-order valence-electron chi connectivity index (χ4n) is 2.29. The highest BCUT2D eigenvalue weighted by molar-refractivity contribution is 5.75. The number of nitrogens with zero attached hydrogens (tertiary/aromatic N) is 2. The number of hydrogen-bond acceptors (Lipinski definition) is 2. The van der Waals surface area contributed by atoms with E-state index in [2.05, 4.69) is 55.9 Å². The van der Waals surface area contributed by atoms with Crippen LogP contribution >= 0.6 is 0 Å². The van der Waals surface area contributed by atoms with Gasteiger partial charge in [0.1, 0.15) is 5.82 Å². The quantitative estimate of drug-likeness (QED) is 0.835. The Balaban J connectivity index is 1.87. The van der Waals surface area contributed by atoms with Crippen molar-refractivity contribution >= 4 is 11.0 Å². The summed E-state index contributed by atoms with van der Waals surface area (Å²) in [6.45, 7) is 7.70. The number of hydrogen-bond donors (Lipinski definition) is 1. The predicted octanol–water partition coefficient (Wildman–Crippen LogP) is 3.28. The van der Waals surface area contributed by atoms with E-state index < -0.39 is 0 Å². The Morgan fingerprint density at radius 1 is 1.16 bits per heavy atom. The van der Waals surface area contributed by atoms with Crippen molar-refractivity contribution in [3.8, 4) is 0 Å². The first kappa shape index (κ1) is 14.1. The van der Waals surface area contributed by atoms with Gasteiger partial charge in [-0.1, -0.05) is 12.1 Å². The van der Waals surface area contributed by atoms with Crippen LogP contribution in [-0.2, 0) is 13.5 Å². The van der Waals surface area contributed by atoms with Crippen molar-refractivity contribution in [2.75, 3.05) is 6.54 Å². The van der Waals surface area contributed by atoms with Crippen molar-refractivity contribution in [1.29, 1.82) is 0 Å². The maximum absolute atomic E-state index is 4.70. The molecule has 0 aliphatic heterocycles. The van der Waals surface area contributed by atoms with Crippen molar-refractivity contribution in [2.45, 2.75) is 45.6 Å². The molecule has 0 atom stereocenters. The molecule has 0 saturated carbocycles. The van der Waals surface area contributed by atoms with E-state index in [9.17, 15) is 0 Å². The third-order valence-corrected chi connectivity index (χ3v) is 3.36. The molecule has 1 N–H and O–H groups in total. The SMILES string of the molecule is Cn1c(CCCCNC(C)(C)C)nc2ccccc21. The molecule has 0 saturated heterocycles. The fourth-order valence-corrected chi connectivity index (χ4v) is 2.29. The number of para-hydroxylation sites is 2. The molecular weight excluding hydrogens is 234 g/mol. The average molecular weight is 259 g/mol. The van der Waals surface area contributed by atoms with Gasteiger partial charge in [0, 0.05) is 19.0 Å². The summed E-state index contributed by atoms with van der Waals surface area (Å²) in [5, 5.41) is 3.52. The van der Waals surface area contributed by atoms with Gasteiger partial charge in [-0.15, -0.1) is 0 Å². The molecule has 0 radical (unpaired) electrons. The first-order chi connectivity index (χ1) is 8.97. The van der Waals surface area contributed by atoms with Gasteiger partial charge in [0.25, 0.3) is 0 Å². The summed E-state index contributed by atoms with van der Waals surface area (Å²) < 4.78 is 2.21. The lowest BCUT2D eigenvalue weighted by molar-refractivity contribution is 0.418. The zero-order valence-electron chi connectivity index (χ0n) is 12.5. The summed E-state index contributed by atoms with van der Waals surface area (Å²) in [5.74, 6) is 1.19. The lowest BCUT2D eigenvalue weighted by atomic mass is 10.1. The van der Waals surface area contributed by atoms with Gasteiger partial charge in [0.15, 0.2) is 0 Å². The van der Waals surface area contributed by atoms with Crippen molar-refractivity contribution < 1.29 is 0 Å². The van der Waals surface area contributed by atoms with E-state index in [4.69, 9.17) is 4.98 Å². The number of unbranched alkanes of at least 4 members (excludes halogenated alkanes) is 1. The van der Waals surface area contributed by atoms with Crippen molar-refractivity contribution in [1.82, 2.24) is 14.9 Å². The third-order valence-electron chi connectivity index (χ3n) is 3.36. The second-order valence-corrected chi connectivity index (χ2v) is 6.21. The topological polar surface area (TPSA) is 29.9 Å². The van der Waals surface area contributed by atoms with Crippen LogP contribution in [0.25, 0.3) is 11.0 Å². The molecule has 3 heteroatoms. The Bertz CT molecular complexity index is 534. The largest absolute Gasteiger partial charge is 0.331 e. The van der Waals surface area contributed by atoms with Crippen LogP contribution in [0.2, 0.25) is 0 Å². The molecule has 0 spiro atoms. The average Bonchev–Trinajstić information content (AvgIpc) is 2.65. The molecule has 1 aromatic carbocycles. The summed E-state index contributed by atoms with van der Waals surface area (Å²) in [4.78, 5) is 4.70. The van der Waals surface area contributed by atoms with Crippen molar-refractivity contribution in [2.24, 2.45) is 7.05 Å². The highest BCUT2D eigenvalue weighted by atomic mass is 15.1. The van der Waals surface area contributed by atoms with Gasteiger partial charge >= 0.3 is 0 Å². The molecule has 1 aromatic heterocycles. The molecule has 0 unspecified atom stereocenters. The smallest absolute Gasteiger partial charge is 0.109 e. The van der Waals surface area contributed by atoms with Crippen molar-refractivity contribution in [3.05, 3.63) is 30.1 Å². The minimum Gasteiger partial charge on any atom is -0.331 e. The highest BCUT2D eigenvalue weighted by Gasteiger charge is 2.08. The summed E-state index contributed by atoms with van der Waals surface area (Å²) >= 11 is 0. The standard InChI is InChI=1S/C16H25N3/c1-16(2,3)17-12-8-7-11-15-18-13-9-5-6-10-14(13)19(15)4/h5-6,9-10,17H,7-8,11-12H2,1-4H3. The van der Waals surface area contributed by atoms with Crippen LogP contribution < -0.4 is 5.32 Å². The second-order valence-electron chi connectivity index (χ2n) is 6.21. The molecule has 19 heavy (non-hydrogen) atoms. The number of aryl methyl sites for hydroxylation is 2. The summed E-state index contributed by atoms with van der Waals surface area (Å²) in [6, 6.07) is 8.33. The maximum atomic E-state index is 4.70. The van der Waals surface area contributed by atoms with Crippen LogP contribution in [0.1, 0.15) is 39.4 Å². The van der Waals surface area contributed by atoms with E-state index >= 15 is 0 Å². The molecule has 0 amide bonds. The molecule has 0 fully saturated rings. The predicted molar refractivity (Wildman–Crippen MR) is 81.4 cm³/mol. The first-order valence-corrected chi connectivity index (χ1v) is 7.13. The van der Waals surface area contributed by atoms with E-state index in [-0.39, 0.29) is 5.54 Å². The van der Waals surface area contributed by atoms with Gasteiger partial charge in [-0.05, 0) is 52.3 Å². The molecule has 3 nitrogen and oxygen atoms in total. The Labute approximate surface area is 116 Å². The summed E-state index contributed by atoms with van der Waals surface area (Å²) in [7, 11) is 2.11. The van der Waals surface area contributed by atoms with Crippen LogP contribution in [0.5, 0.6) is 0 Å². The van der Waals surface area contributed by atoms with Crippen LogP contribution in [0.4, 0.5) is 0 Å². The Morgan fingerprint density at radius 3 is 2.58 bits per heavy atom. The van der Waals surface area contributed by atoms with E-state index in [1.54, 1.807) is 0 Å². The zero-order chi connectivity index (χ0) is 13.9. The minimum absolute atomic E-state index is 0.220. The molecule has 2 rings (SSSR count). The highest BCUT2D eigenvalue weighted by Crippen LogP contribution is 2.15. The zero-order valence-corrected chi connectivity index (χ0v) is 12.5. The molecule has 0 bridgehead atoms. The summed E-state index contributed by atoms with van der Waals surface area (Å²) in [6.07, 6.45) is 3.43. The molecule has 0 aliphatic rings. The van der Waals surface area contributed by atoms with Gasteiger partial charge in [0.05, 0.1) is 11.0 Å². The van der Waals surface area contributed by atoms with Gasteiger partial charge in [0.2, 0.25) is 0 Å². The number of nitrogens with one attached hydrogen (secondary N) is 1. The number of benzene rings is 1. The lowest BCUT2D eigenvalue weighted by Crippen LogP contribution is -2.36. The van der Waals surface area contributed by atoms with Crippen LogP contribution in [-0.4, -0.2) is 21.6 Å². The van der Waals surface area contributed by atoms with E-state index in [1.807, 2.05) is 6.07 Å². The van der Waals surface area contributed by atoms with Gasteiger partial charge < -0.3 is 9.88 Å². The van der Waals surface area contributed by atoms with Crippen LogP contribution in [0.3, 0.4) is 0 Å². The molecule has 2 aromatic rings. The van der Waals surface area contributed by atoms with E-state index in [1.165, 1.54) is 24.2 Å². The third kappa shape index (κ3) is 3.80. The van der Waals surface area contributed by atoms with Gasteiger partial charge in [-0.3, -0.25) is 0 Å². The van der Waals surface area contributed by atoms with Crippen LogP contribution in [0, 0.1) is 0 Å². The van der Waals surface area contributed by atoms with Crippen molar-refractivity contribution in [3.63, 3.8) is 0 Å². The first-order valence-electron chi connectivity index (χ1n) is 7.13.